The number of aryl methyl sites for hydroxylation is 1. The molecule has 0 aliphatic heterocycles. The first-order valence-corrected chi connectivity index (χ1v) is 9.57. The van der Waals surface area contributed by atoms with Gasteiger partial charge in [0, 0.05) is 0 Å². The van der Waals surface area contributed by atoms with Crippen molar-refractivity contribution in [1.29, 1.82) is 0 Å². The summed E-state index contributed by atoms with van der Waals surface area (Å²) in [7, 11) is 0. The standard InChI is InChI=1S/C25H26O2/c1-20(25(26)27-19-22-10-4-2-5-11-22)9-8-12-21-15-17-24(18-16-21)23-13-6-3-7-14-23/h2-7,10-11,13-18,20H,8-9,12,19H2,1H3. The third kappa shape index (κ3) is 5.82. The van der Waals surface area contributed by atoms with Crippen molar-refractivity contribution in [3.8, 4) is 11.1 Å². The van der Waals surface area contributed by atoms with Gasteiger partial charge in [0.05, 0.1) is 5.92 Å². The minimum Gasteiger partial charge on any atom is -0.461 e. The second-order valence-corrected chi connectivity index (χ2v) is 6.95. The number of hydrogen-bond donors (Lipinski definition) is 0. The van der Waals surface area contributed by atoms with E-state index in [0.29, 0.717) is 6.61 Å². The largest absolute Gasteiger partial charge is 0.461 e. The number of rotatable bonds is 8. The number of benzene rings is 3. The third-order valence-corrected chi connectivity index (χ3v) is 4.79. The van der Waals surface area contributed by atoms with Gasteiger partial charge in [0.1, 0.15) is 6.61 Å². The summed E-state index contributed by atoms with van der Waals surface area (Å²) in [6.07, 6.45) is 2.80. The van der Waals surface area contributed by atoms with Gasteiger partial charge in [-0.15, -0.1) is 0 Å². The first-order chi connectivity index (χ1) is 13.2. The van der Waals surface area contributed by atoms with Gasteiger partial charge >= 0.3 is 5.97 Å². The predicted molar refractivity (Wildman–Crippen MR) is 110 cm³/mol. The lowest BCUT2D eigenvalue weighted by Crippen LogP contribution is -2.15. The fourth-order valence-corrected chi connectivity index (χ4v) is 3.10. The van der Waals surface area contributed by atoms with Crippen LogP contribution in [0.4, 0.5) is 0 Å². The minimum atomic E-state index is -0.113. The first-order valence-electron chi connectivity index (χ1n) is 9.57. The summed E-state index contributed by atoms with van der Waals surface area (Å²) in [5.41, 5.74) is 4.80. The molecule has 0 aromatic heterocycles. The molecule has 0 saturated heterocycles. The highest BCUT2D eigenvalue weighted by atomic mass is 16.5. The van der Waals surface area contributed by atoms with Gasteiger partial charge in [-0.05, 0) is 41.5 Å². The second kappa shape index (κ2) is 9.72. The number of carbonyl (C=O) groups excluding carboxylic acids is 1. The van der Waals surface area contributed by atoms with E-state index in [1.54, 1.807) is 0 Å². The summed E-state index contributed by atoms with van der Waals surface area (Å²) in [6.45, 7) is 2.30. The molecule has 0 bridgehead atoms. The number of carbonyl (C=O) groups is 1. The Morgan fingerprint density at radius 3 is 2.04 bits per heavy atom. The third-order valence-electron chi connectivity index (χ3n) is 4.79. The minimum absolute atomic E-state index is 0.0719. The molecule has 1 unspecified atom stereocenters. The van der Waals surface area contributed by atoms with Crippen LogP contribution in [0.5, 0.6) is 0 Å². The van der Waals surface area contributed by atoms with E-state index in [-0.39, 0.29) is 11.9 Å². The van der Waals surface area contributed by atoms with Crippen LogP contribution in [0.3, 0.4) is 0 Å². The van der Waals surface area contributed by atoms with Gasteiger partial charge < -0.3 is 4.74 Å². The lowest BCUT2D eigenvalue weighted by atomic mass is 9.99. The SMILES string of the molecule is CC(CCCc1ccc(-c2ccccc2)cc1)C(=O)OCc1ccccc1. The highest BCUT2D eigenvalue weighted by Gasteiger charge is 2.14. The highest BCUT2D eigenvalue weighted by molar-refractivity contribution is 5.72. The molecular weight excluding hydrogens is 332 g/mol. The van der Waals surface area contributed by atoms with Crippen molar-refractivity contribution in [3.63, 3.8) is 0 Å². The second-order valence-electron chi connectivity index (χ2n) is 6.95. The van der Waals surface area contributed by atoms with Crippen molar-refractivity contribution in [3.05, 3.63) is 96.1 Å². The highest BCUT2D eigenvalue weighted by Crippen LogP contribution is 2.20. The first kappa shape index (κ1) is 18.9. The fourth-order valence-electron chi connectivity index (χ4n) is 3.10. The lowest BCUT2D eigenvalue weighted by Gasteiger charge is -2.11. The van der Waals surface area contributed by atoms with Crippen molar-refractivity contribution in [1.82, 2.24) is 0 Å². The molecule has 2 heteroatoms. The van der Waals surface area contributed by atoms with Crippen molar-refractivity contribution in [2.45, 2.75) is 32.8 Å². The average Bonchev–Trinajstić information content (AvgIpc) is 2.74. The van der Waals surface area contributed by atoms with Crippen LogP contribution in [0.15, 0.2) is 84.9 Å². The lowest BCUT2D eigenvalue weighted by molar-refractivity contribution is -0.149. The Hall–Kier alpha value is -2.87. The van der Waals surface area contributed by atoms with E-state index < -0.39 is 0 Å². The summed E-state index contributed by atoms with van der Waals surface area (Å²) < 4.78 is 5.42. The fraction of sp³-hybridized carbons (Fsp3) is 0.240. The maximum Gasteiger partial charge on any atom is 0.308 e. The molecule has 0 fully saturated rings. The summed E-state index contributed by atoms with van der Waals surface area (Å²) in [6, 6.07) is 28.9. The molecule has 138 valence electrons. The molecule has 0 saturated carbocycles. The maximum atomic E-state index is 12.1. The van der Waals surface area contributed by atoms with E-state index in [9.17, 15) is 4.79 Å². The Morgan fingerprint density at radius 1 is 0.778 bits per heavy atom. The van der Waals surface area contributed by atoms with Crippen LogP contribution in [0, 0.1) is 5.92 Å². The van der Waals surface area contributed by atoms with Crippen molar-refractivity contribution in [2.24, 2.45) is 5.92 Å². The summed E-state index contributed by atoms with van der Waals surface area (Å²) >= 11 is 0. The molecule has 3 rings (SSSR count). The quantitative estimate of drug-likeness (QED) is 0.458. The Balaban J connectivity index is 1.41. The van der Waals surface area contributed by atoms with E-state index >= 15 is 0 Å². The van der Waals surface area contributed by atoms with Gasteiger partial charge in [-0.3, -0.25) is 4.79 Å². The smallest absolute Gasteiger partial charge is 0.308 e. The number of hydrogen-bond acceptors (Lipinski definition) is 2. The molecule has 0 heterocycles. The van der Waals surface area contributed by atoms with E-state index in [1.165, 1.54) is 16.7 Å². The van der Waals surface area contributed by atoms with Crippen LogP contribution in [0.1, 0.15) is 30.9 Å². The monoisotopic (exact) mass is 358 g/mol. The van der Waals surface area contributed by atoms with Crippen LogP contribution in [-0.2, 0) is 22.6 Å². The van der Waals surface area contributed by atoms with Gasteiger partial charge in [0.2, 0.25) is 0 Å². The molecule has 0 aliphatic carbocycles. The molecule has 0 N–H and O–H groups in total. The van der Waals surface area contributed by atoms with Crippen LogP contribution in [0.2, 0.25) is 0 Å². The van der Waals surface area contributed by atoms with Gasteiger partial charge in [-0.25, -0.2) is 0 Å². The van der Waals surface area contributed by atoms with Crippen LogP contribution in [-0.4, -0.2) is 5.97 Å². The molecule has 0 radical (unpaired) electrons. The zero-order chi connectivity index (χ0) is 18.9. The Labute approximate surface area is 161 Å². The van der Waals surface area contributed by atoms with E-state index in [0.717, 1.165) is 24.8 Å². The van der Waals surface area contributed by atoms with Crippen molar-refractivity contribution in [2.75, 3.05) is 0 Å². The van der Waals surface area contributed by atoms with Gasteiger partial charge in [0.15, 0.2) is 0 Å². The summed E-state index contributed by atoms with van der Waals surface area (Å²) in [5, 5.41) is 0. The van der Waals surface area contributed by atoms with E-state index in [4.69, 9.17) is 4.74 Å². The zero-order valence-electron chi connectivity index (χ0n) is 15.8. The molecule has 0 spiro atoms. The Morgan fingerprint density at radius 2 is 1.37 bits per heavy atom. The average molecular weight is 358 g/mol. The van der Waals surface area contributed by atoms with Crippen LogP contribution < -0.4 is 0 Å². The predicted octanol–water partition coefficient (Wildman–Crippen LogP) is 6.06. The van der Waals surface area contributed by atoms with Crippen molar-refractivity contribution >= 4 is 5.97 Å². The normalized spacial score (nSPS) is 11.7. The van der Waals surface area contributed by atoms with Gasteiger partial charge in [-0.1, -0.05) is 91.9 Å². The number of esters is 1. The van der Waals surface area contributed by atoms with Crippen LogP contribution in [0.25, 0.3) is 11.1 Å². The van der Waals surface area contributed by atoms with Crippen molar-refractivity contribution < 1.29 is 9.53 Å². The molecule has 3 aromatic carbocycles. The molecule has 0 amide bonds. The summed E-state index contributed by atoms with van der Waals surface area (Å²) in [5.74, 6) is -0.185. The molecule has 0 aliphatic rings. The Kier molecular flexibility index (Phi) is 6.81. The molecule has 27 heavy (non-hydrogen) atoms. The molecule has 3 aromatic rings. The maximum absolute atomic E-state index is 12.1. The molecule has 1 atom stereocenters. The van der Waals surface area contributed by atoms with Gasteiger partial charge in [-0.2, -0.15) is 0 Å². The Bertz CT molecular complexity index is 823. The van der Waals surface area contributed by atoms with Crippen LogP contribution >= 0.6 is 0 Å². The summed E-state index contributed by atoms with van der Waals surface area (Å²) in [4.78, 5) is 12.1. The van der Waals surface area contributed by atoms with Gasteiger partial charge in [0.25, 0.3) is 0 Å². The molecular formula is C25H26O2. The van der Waals surface area contributed by atoms with E-state index in [2.05, 4.69) is 48.5 Å². The molecule has 2 nitrogen and oxygen atoms in total. The van der Waals surface area contributed by atoms with E-state index in [1.807, 2.05) is 43.3 Å². The zero-order valence-corrected chi connectivity index (χ0v) is 15.8. The topological polar surface area (TPSA) is 26.3 Å². The number of ether oxygens (including phenoxy) is 1.